The summed E-state index contributed by atoms with van der Waals surface area (Å²) in [5.74, 6) is -0.959. The molecule has 86 valence electrons. The average molecular weight is 230 g/mol. The smallest absolute Gasteiger partial charge is 0.387 e. The first-order valence-corrected chi connectivity index (χ1v) is 4.14. The number of imide groups is 1. The Kier molecular flexibility index (Phi) is 3.76. The van der Waals surface area contributed by atoms with E-state index in [2.05, 4.69) is 4.74 Å². The van der Waals surface area contributed by atoms with Crippen molar-refractivity contribution in [2.45, 2.75) is 6.61 Å². The van der Waals surface area contributed by atoms with Gasteiger partial charge in [0.15, 0.2) is 0 Å². The van der Waals surface area contributed by atoms with Crippen LogP contribution in [0.3, 0.4) is 0 Å². The van der Waals surface area contributed by atoms with Crippen LogP contribution in [0, 0.1) is 0 Å². The van der Waals surface area contributed by atoms with Gasteiger partial charge in [-0.15, -0.1) is 0 Å². The maximum absolute atomic E-state index is 11.9. The fourth-order valence-corrected chi connectivity index (χ4v) is 0.998. The van der Waals surface area contributed by atoms with Crippen molar-refractivity contribution in [2.24, 2.45) is 5.73 Å². The number of nitrogens with one attached hydrogen (secondary N) is 1. The Balaban J connectivity index is 2.81. The molecule has 0 fully saturated rings. The van der Waals surface area contributed by atoms with Gasteiger partial charge >= 0.3 is 12.6 Å². The SMILES string of the molecule is NC(=O)NC(=O)c1cccc(OC(F)F)c1. The molecule has 0 saturated carbocycles. The molecular formula is C9H8F2N2O3. The van der Waals surface area contributed by atoms with E-state index in [0.29, 0.717) is 0 Å². The molecule has 0 bridgehead atoms. The first-order chi connectivity index (χ1) is 7.49. The highest BCUT2D eigenvalue weighted by molar-refractivity contribution is 6.03. The van der Waals surface area contributed by atoms with Gasteiger partial charge in [0.05, 0.1) is 0 Å². The van der Waals surface area contributed by atoms with Gasteiger partial charge in [-0.3, -0.25) is 10.1 Å². The Labute approximate surface area is 89.2 Å². The molecule has 7 heteroatoms. The van der Waals surface area contributed by atoms with E-state index >= 15 is 0 Å². The number of halogens is 2. The van der Waals surface area contributed by atoms with E-state index in [0.717, 1.165) is 6.07 Å². The summed E-state index contributed by atoms with van der Waals surface area (Å²) >= 11 is 0. The number of nitrogens with two attached hydrogens (primary N) is 1. The van der Waals surface area contributed by atoms with Gasteiger partial charge in [-0.1, -0.05) is 6.07 Å². The Bertz CT molecular complexity index is 409. The Morgan fingerprint density at radius 3 is 2.62 bits per heavy atom. The second-order valence-corrected chi connectivity index (χ2v) is 2.72. The molecule has 5 nitrogen and oxygen atoms in total. The fourth-order valence-electron chi connectivity index (χ4n) is 0.998. The number of rotatable bonds is 3. The minimum atomic E-state index is -2.98. The number of hydrogen-bond acceptors (Lipinski definition) is 3. The van der Waals surface area contributed by atoms with Crippen LogP contribution in [0.1, 0.15) is 10.4 Å². The zero-order valence-corrected chi connectivity index (χ0v) is 7.94. The Hall–Kier alpha value is -2.18. The molecule has 0 aliphatic carbocycles. The van der Waals surface area contributed by atoms with Crippen LogP contribution in [0.2, 0.25) is 0 Å². The number of hydrogen-bond donors (Lipinski definition) is 2. The van der Waals surface area contributed by atoms with Crippen LogP contribution >= 0.6 is 0 Å². The van der Waals surface area contributed by atoms with Crippen molar-refractivity contribution in [3.8, 4) is 5.75 Å². The summed E-state index contributed by atoms with van der Waals surface area (Å²) in [6.07, 6.45) is 0. The lowest BCUT2D eigenvalue weighted by Crippen LogP contribution is -2.34. The zero-order chi connectivity index (χ0) is 12.1. The zero-order valence-electron chi connectivity index (χ0n) is 7.94. The van der Waals surface area contributed by atoms with Crippen LogP contribution in [0.4, 0.5) is 13.6 Å². The monoisotopic (exact) mass is 230 g/mol. The lowest BCUT2D eigenvalue weighted by atomic mass is 10.2. The summed E-state index contributed by atoms with van der Waals surface area (Å²) in [6, 6.07) is 3.98. The molecule has 3 amide bonds. The molecule has 0 aromatic heterocycles. The highest BCUT2D eigenvalue weighted by Gasteiger charge is 2.10. The van der Waals surface area contributed by atoms with Crippen molar-refractivity contribution >= 4 is 11.9 Å². The third-order valence-electron chi connectivity index (χ3n) is 1.56. The van der Waals surface area contributed by atoms with Crippen LogP contribution < -0.4 is 15.8 Å². The number of primary amides is 1. The second-order valence-electron chi connectivity index (χ2n) is 2.72. The van der Waals surface area contributed by atoms with E-state index in [1.165, 1.54) is 18.2 Å². The lowest BCUT2D eigenvalue weighted by molar-refractivity contribution is -0.0498. The summed E-state index contributed by atoms with van der Waals surface area (Å²) in [4.78, 5) is 21.6. The molecule has 16 heavy (non-hydrogen) atoms. The largest absolute Gasteiger partial charge is 0.435 e. The number of amides is 3. The molecule has 1 aromatic carbocycles. The molecule has 0 spiro atoms. The first-order valence-electron chi connectivity index (χ1n) is 4.14. The number of ether oxygens (including phenoxy) is 1. The van der Waals surface area contributed by atoms with Crippen molar-refractivity contribution in [1.82, 2.24) is 5.32 Å². The molecule has 0 atom stereocenters. The van der Waals surface area contributed by atoms with E-state index in [9.17, 15) is 18.4 Å². The summed E-state index contributed by atoms with van der Waals surface area (Å²) < 4.78 is 27.8. The summed E-state index contributed by atoms with van der Waals surface area (Å²) in [5, 5.41) is 1.80. The third kappa shape index (κ3) is 3.52. The van der Waals surface area contributed by atoms with Gasteiger partial charge in [-0.2, -0.15) is 8.78 Å². The van der Waals surface area contributed by atoms with Crippen molar-refractivity contribution in [3.63, 3.8) is 0 Å². The maximum Gasteiger partial charge on any atom is 0.387 e. The molecule has 0 aliphatic rings. The van der Waals surface area contributed by atoms with Crippen molar-refractivity contribution in [3.05, 3.63) is 29.8 Å². The highest BCUT2D eigenvalue weighted by atomic mass is 19.3. The van der Waals surface area contributed by atoms with Crippen molar-refractivity contribution < 1.29 is 23.1 Å². The van der Waals surface area contributed by atoms with Gasteiger partial charge in [-0.05, 0) is 18.2 Å². The van der Waals surface area contributed by atoms with Crippen LogP contribution in [-0.2, 0) is 0 Å². The number of benzene rings is 1. The number of alkyl halides is 2. The van der Waals surface area contributed by atoms with Gasteiger partial charge in [0.1, 0.15) is 5.75 Å². The van der Waals surface area contributed by atoms with Gasteiger partial charge in [-0.25, -0.2) is 4.79 Å². The van der Waals surface area contributed by atoms with Gasteiger partial charge in [0.2, 0.25) is 0 Å². The van der Waals surface area contributed by atoms with E-state index in [-0.39, 0.29) is 11.3 Å². The van der Waals surface area contributed by atoms with Gasteiger partial charge < -0.3 is 10.5 Å². The molecule has 0 aliphatic heterocycles. The van der Waals surface area contributed by atoms with Crippen LogP contribution in [0.15, 0.2) is 24.3 Å². The lowest BCUT2D eigenvalue weighted by Gasteiger charge is -2.06. The number of carbonyl (C=O) groups is 2. The van der Waals surface area contributed by atoms with Crippen molar-refractivity contribution in [2.75, 3.05) is 0 Å². The Morgan fingerprint density at radius 1 is 1.38 bits per heavy atom. The molecule has 1 aromatic rings. The molecule has 0 radical (unpaired) electrons. The van der Waals surface area contributed by atoms with Gasteiger partial charge in [0.25, 0.3) is 5.91 Å². The molecule has 1 rings (SSSR count). The molecule has 0 heterocycles. The minimum Gasteiger partial charge on any atom is -0.435 e. The highest BCUT2D eigenvalue weighted by Crippen LogP contribution is 2.15. The normalized spacial score (nSPS) is 9.94. The van der Waals surface area contributed by atoms with E-state index in [1.807, 2.05) is 0 Å². The minimum absolute atomic E-state index is 0.00282. The quantitative estimate of drug-likeness (QED) is 0.815. The standard InChI is InChI=1S/C9H8F2N2O3/c10-8(11)16-6-3-1-2-5(4-6)7(14)13-9(12)15/h1-4,8H,(H3,12,13,14,15). The summed E-state index contributed by atoms with van der Waals surface area (Å²) in [7, 11) is 0. The number of carbonyl (C=O) groups excluding carboxylic acids is 2. The van der Waals surface area contributed by atoms with Crippen LogP contribution in [0.25, 0.3) is 0 Å². The molecule has 3 N–H and O–H groups in total. The maximum atomic E-state index is 11.9. The van der Waals surface area contributed by atoms with E-state index in [4.69, 9.17) is 5.73 Å². The molecule has 0 unspecified atom stereocenters. The first kappa shape index (κ1) is 11.9. The Morgan fingerprint density at radius 2 is 2.06 bits per heavy atom. The predicted molar refractivity (Wildman–Crippen MR) is 50.1 cm³/mol. The second kappa shape index (κ2) is 5.06. The van der Waals surface area contributed by atoms with Gasteiger partial charge in [0, 0.05) is 5.56 Å². The summed E-state index contributed by atoms with van der Waals surface area (Å²) in [6.45, 7) is -2.98. The predicted octanol–water partition coefficient (Wildman–Crippen LogP) is 1.10. The van der Waals surface area contributed by atoms with E-state index in [1.54, 1.807) is 5.32 Å². The van der Waals surface area contributed by atoms with Crippen LogP contribution in [0.5, 0.6) is 5.75 Å². The fraction of sp³-hybridized carbons (Fsp3) is 0.111. The molecule has 0 saturated heterocycles. The third-order valence-corrected chi connectivity index (χ3v) is 1.56. The summed E-state index contributed by atoms with van der Waals surface area (Å²) in [5.41, 5.74) is 4.72. The topological polar surface area (TPSA) is 81.4 Å². The van der Waals surface area contributed by atoms with Crippen molar-refractivity contribution in [1.29, 1.82) is 0 Å². The molecular weight excluding hydrogens is 222 g/mol. The van der Waals surface area contributed by atoms with E-state index < -0.39 is 18.5 Å². The number of urea groups is 1. The average Bonchev–Trinajstić information content (AvgIpc) is 2.16. The van der Waals surface area contributed by atoms with Crippen LogP contribution in [-0.4, -0.2) is 18.5 Å².